The number of aliphatic hydroxyl groups is 2. The molecule has 0 aromatic carbocycles. The number of aliphatic hydroxyl groups excluding tert-OH is 2. The zero-order valence-corrected chi connectivity index (χ0v) is 16.8. The molecule has 7 N–H and O–H groups in total. The van der Waals surface area contributed by atoms with Crippen molar-refractivity contribution >= 4 is 23.6 Å². The Labute approximate surface area is 169 Å². The van der Waals surface area contributed by atoms with Crippen molar-refractivity contribution in [2.75, 3.05) is 13.1 Å². The third-order valence-corrected chi connectivity index (χ3v) is 5.55. The smallest absolute Gasteiger partial charge is 0.246 e. The fourth-order valence-corrected chi connectivity index (χ4v) is 3.86. The standard InChI is InChI=1S/C18H31N5O6/c1-9(24)13(19)18(29)23-8-4-6-12(23)17(28)22-7-3-5-11(22)16(27)21-14(10(2)25)15(20)26/h9-14,24-25H,3-8,19H2,1-2H3,(H2,20,26)(H,21,27)/t9-,10-,11+,12+,13+,14+/m1/s1/i20+1. The van der Waals surface area contributed by atoms with Crippen molar-refractivity contribution in [3.63, 3.8) is 0 Å². The van der Waals surface area contributed by atoms with Crippen molar-refractivity contribution in [3.05, 3.63) is 0 Å². The molecule has 6 atom stereocenters. The normalized spacial score (nSPS) is 26.0. The third-order valence-electron chi connectivity index (χ3n) is 5.55. The highest BCUT2D eigenvalue weighted by Crippen LogP contribution is 2.25. The van der Waals surface area contributed by atoms with Crippen molar-refractivity contribution in [1.82, 2.24) is 15.1 Å². The van der Waals surface area contributed by atoms with E-state index in [1.807, 2.05) is 0 Å². The number of carbonyl (C=O) groups excluding carboxylic acids is 4. The molecule has 2 heterocycles. The van der Waals surface area contributed by atoms with Crippen LogP contribution in [0.25, 0.3) is 0 Å². The van der Waals surface area contributed by atoms with Gasteiger partial charge in [-0.1, -0.05) is 0 Å². The molecule has 2 aliphatic heterocycles. The molecular formula is C18H31N5O6. The quantitative estimate of drug-likeness (QED) is 0.276. The van der Waals surface area contributed by atoms with Gasteiger partial charge >= 0.3 is 0 Å². The highest BCUT2D eigenvalue weighted by Gasteiger charge is 2.43. The Hall–Kier alpha value is -2.24. The van der Waals surface area contributed by atoms with Crippen LogP contribution < -0.4 is 16.8 Å². The van der Waals surface area contributed by atoms with Crippen molar-refractivity contribution in [2.24, 2.45) is 11.5 Å². The lowest BCUT2D eigenvalue weighted by atomic mass is 10.1. The van der Waals surface area contributed by atoms with E-state index in [0.29, 0.717) is 38.8 Å². The average Bonchev–Trinajstić information content (AvgIpc) is 3.32. The van der Waals surface area contributed by atoms with E-state index in [9.17, 15) is 29.4 Å². The van der Waals surface area contributed by atoms with E-state index in [1.54, 1.807) is 0 Å². The van der Waals surface area contributed by atoms with Gasteiger partial charge in [0.2, 0.25) is 23.6 Å². The monoisotopic (exact) mass is 414 g/mol. The number of amides is 4. The second-order valence-electron chi connectivity index (χ2n) is 7.77. The Morgan fingerprint density at radius 3 is 2.03 bits per heavy atom. The number of nitrogens with one attached hydrogen (secondary N) is 1. The maximum absolute atomic E-state index is 13.1. The van der Waals surface area contributed by atoms with Gasteiger partial charge in [0.15, 0.2) is 0 Å². The van der Waals surface area contributed by atoms with Crippen LogP contribution in [-0.4, -0.2) is 93.1 Å². The second-order valence-corrected chi connectivity index (χ2v) is 7.77. The maximum atomic E-state index is 13.1. The van der Waals surface area contributed by atoms with E-state index in [-0.39, 0.29) is 5.91 Å². The van der Waals surface area contributed by atoms with Crippen LogP contribution in [0.5, 0.6) is 0 Å². The van der Waals surface area contributed by atoms with Gasteiger partial charge in [-0.15, -0.1) is 0 Å². The number of hydrogen-bond donors (Lipinski definition) is 5. The van der Waals surface area contributed by atoms with Gasteiger partial charge in [-0.25, -0.2) is 0 Å². The fourth-order valence-electron chi connectivity index (χ4n) is 3.86. The van der Waals surface area contributed by atoms with Gasteiger partial charge in [0.05, 0.1) is 12.2 Å². The maximum Gasteiger partial charge on any atom is 0.246 e. The molecule has 29 heavy (non-hydrogen) atoms. The summed E-state index contributed by atoms with van der Waals surface area (Å²) < 4.78 is 0. The highest BCUT2D eigenvalue weighted by atomic mass is 16.3. The van der Waals surface area contributed by atoms with Crippen LogP contribution in [0.4, 0.5) is 0 Å². The molecule has 2 rings (SSSR count). The summed E-state index contributed by atoms with van der Waals surface area (Å²) in [7, 11) is 0. The lowest BCUT2D eigenvalue weighted by Gasteiger charge is -2.33. The molecule has 0 aromatic rings. The summed E-state index contributed by atoms with van der Waals surface area (Å²) in [4.78, 5) is 52.5. The van der Waals surface area contributed by atoms with Gasteiger partial charge < -0.3 is 36.8 Å². The molecule has 0 aliphatic carbocycles. The second kappa shape index (κ2) is 9.51. The Morgan fingerprint density at radius 1 is 0.966 bits per heavy atom. The van der Waals surface area contributed by atoms with E-state index in [2.05, 4.69) is 5.32 Å². The zero-order chi connectivity index (χ0) is 21.9. The molecule has 0 saturated carbocycles. The molecule has 0 spiro atoms. The number of nitrogens with two attached hydrogens (primary N) is 2. The molecule has 11 nitrogen and oxygen atoms in total. The Morgan fingerprint density at radius 2 is 1.52 bits per heavy atom. The molecule has 164 valence electrons. The summed E-state index contributed by atoms with van der Waals surface area (Å²) in [6.45, 7) is 3.44. The number of nitrogens with zero attached hydrogens (tertiary/aromatic N) is 2. The molecule has 4 amide bonds. The Balaban J connectivity index is 2.11. The van der Waals surface area contributed by atoms with Crippen molar-refractivity contribution in [3.8, 4) is 0 Å². The van der Waals surface area contributed by atoms with Crippen LogP contribution in [-0.2, 0) is 19.2 Å². The van der Waals surface area contributed by atoms with E-state index in [0.717, 1.165) is 0 Å². The molecule has 11 heteroatoms. The number of carbonyl (C=O) groups is 4. The van der Waals surface area contributed by atoms with Crippen LogP contribution in [0.1, 0.15) is 39.5 Å². The Bertz CT molecular complexity index is 655. The minimum atomic E-state index is -1.26. The topological polar surface area (TPSA) is 179 Å². The first kappa shape index (κ1) is 23.0. The van der Waals surface area contributed by atoms with E-state index >= 15 is 0 Å². The molecule has 0 radical (unpaired) electrons. The van der Waals surface area contributed by atoms with Crippen LogP contribution >= 0.6 is 0 Å². The first-order valence-electron chi connectivity index (χ1n) is 9.88. The first-order valence-corrected chi connectivity index (χ1v) is 9.88. The van der Waals surface area contributed by atoms with Gasteiger partial charge in [-0.2, -0.15) is 0 Å². The molecular weight excluding hydrogens is 383 g/mol. The molecule has 2 aliphatic rings. The summed E-state index contributed by atoms with van der Waals surface area (Å²) in [5.74, 6) is -2.31. The van der Waals surface area contributed by atoms with Gasteiger partial charge in [0, 0.05) is 13.1 Å². The van der Waals surface area contributed by atoms with Crippen molar-refractivity contribution < 1.29 is 29.4 Å². The summed E-state index contributed by atoms with van der Waals surface area (Å²) >= 11 is 0. The largest absolute Gasteiger partial charge is 0.391 e. The van der Waals surface area contributed by atoms with Crippen LogP contribution in [0.3, 0.4) is 0 Å². The van der Waals surface area contributed by atoms with Gasteiger partial charge in [0.1, 0.15) is 24.2 Å². The van der Waals surface area contributed by atoms with Crippen molar-refractivity contribution in [2.45, 2.75) is 75.9 Å². The molecule has 0 bridgehead atoms. The van der Waals surface area contributed by atoms with Crippen LogP contribution in [0.2, 0.25) is 0 Å². The number of likely N-dealkylation sites (tertiary alicyclic amines) is 2. The number of rotatable bonds is 7. The Kier molecular flexibility index (Phi) is 7.55. The van der Waals surface area contributed by atoms with Gasteiger partial charge in [0.25, 0.3) is 0 Å². The molecule has 0 unspecified atom stereocenters. The lowest BCUT2D eigenvalue weighted by Crippen LogP contribution is -2.58. The first-order chi connectivity index (χ1) is 13.6. The molecule has 2 saturated heterocycles. The van der Waals surface area contributed by atoms with Crippen LogP contribution in [0, 0.1) is 0 Å². The average molecular weight is 414 g/mol. The zero-order valence-electron chi connectivity index (χ0n) is 16.8. The van der Waals surface area contributed by atoms with Crippen LogP contribution in [0.15, 0.2) is 0 Å². The molecule has 2 fully saturated rings. The summed E-state index contributed by atoms with van der Waals surface area (Å²) in [6.07, 6.45) is -0.170. The minimum absolute atomic E-state index is 0.341. The SMILES string of the molecule is C[C@@H](O)[C@H](N)C(=O)N1CCC[C@H]1C(=O)N1CCC[C@H]1C(=O)N[C@H](C([15NH2])=O)[C@@H](C)O. The number of hydrogen-bond acceptors (Lipinski definition) is 7. The van der Waals surface area contributed by atoms with Gasteiger partial charge in [-0.3, -0.25) is 19.2 Å². The summed E-state index contributed by atoms with van der Waals surface area (Å²) in [6, 6.07) is -3.94. The van der Waals surface area contributed by atoms with Gasteiger partial charge in [-0.05, 0) is 39.5 Å². The predicted octanol–water partition coefficient (Wildman–Crippen LogP) is -2.97. The van der Waals surface area contributed by atoms with E-state index < -0.39 is 54.1 Å². The van der Waals surface area contributed by atoms with E-state index in [1.165, 1.54) is 23.6 Å². The lowest BCUT2D eigenvalue weighted by molar-refractivity contribution is -0.148. The highest BCUT2D eigenvalue weighted by molar-refractivity contribution is 5.95. The molecule has 0 aromatic heterocycles. The summed E-state index contributed by atoms with van der Waals surface area (Å²) in [5.41, 5.74) is 11.0. The number of primary amides is 1. The predicted molar refractivity (Wildman–Crippen MR) is 102 cm³/mol. The van der Waals surface area contributed by atoms with E-state index in [4.69, 9.17) is 11.5 Å². The summed E-state index contributed by atoms with van der Waals surface area (Å²) in [5, 5.41) is 21.6. The minimum Gasteiger partial charge on any atom is -0.391 e. The van der Waals surface area contributed by atoms with Crippen molar-refractivity contribution in [1.29, 1.82) is 0 Å². The fraction of sp³-hybridized carbons (Fsp3) is 0.778. The third kappa shape index (κ3) is 5.03.